The first-order valence-electron chi connectivity index (χ1n) is 13.1. The van der Waals surface area contributed by atoms with Crippen LogP contribution in [0.25, 0.3) is 16.7 Å². The third-order valence-corrected chi connectivity index (χ3v) is 7.14. The van der Waals surface area contributed by atoms with Crippen LogP contribution in [-0.4, -0.2) is 35.2 Å². The van der Waals surface area contributed by atoms with Crippen molar-refractivity contribution in [2.24, 2.45) is 0 Å². The van der Waals surface area contributed by atoms with Gasteiger partial charge in [0, 0.05) is 40.0 Å². The number of para-hydroxylation sites is 1. The van der Waals surface area contributed by atoms with Gasteiger partial charge in [0.2, 0.25) is 6.79 Å². The number of nitrogens with zero attached hydrogens (tertiary/aromatic N) is 1. The molecule has 0 spiro atoms. The molecule has 2 aliphatic rings. The van der Waals surface area contributed by atoms with Crippen LogP contribution in [0.1, 0.15) is 43.4 Å². The number of anilines is 1. The number of rotatable bonds is 8. The molecular formula is C31H28N2O6. The highest BCUT2D eigenvalue weighted by molar-refractivity contribution is 6.52. The molecule has 1 fully saturated rings. The van der Waals surface area contributed by atoms with Crippen LogP contribution in [0.4, 0.5) is 5.69 Å². The van der Waals surface area contributed by atoms with Crippen LogP contribution in [0.5, 0.6) is 17.2 Å². The number of ketones is 1. The van der Waals surface area contributed by atoms with Crippen LogP contribution in [0.2, 0.25) is 0 Å². The van der Waals surface area contributed by atoms with Crippen LogP contribution >= 0.6 is 0 Å². The number of fused-ring (bicyclic) bond motifs is 2. The number of aromatic amines is 1. The third kappa shape index (κ3) is 4.37. The number of amides is 1. The Morgan fingerprint density at radius 2 is 1.82 bits per heavy atom. The van der Waals surface area contributed by atoms with Crippen molar-refractivity contribution in [1.82, 2.24) is 4.98 Å². The largest absolute Gasteiger partial charge is 0.507 e. The van der Waals surface area contributed by atoms with Crippen molar-refractivity contribution < 1.29 is 28.9 Å². The number of carbonyl (C=O) groups is 2. The minimum atomic E-state index is -0.869. The minimum Gasteiger partial charge on any atom is -0.507 e. The average Bonchev–Trinajstić information content (AvgIpc) is 3.67. The molecule has 1 amide bonds. The maximum Gasteiger partial charge on any atom is 0.300 e. The first-order chi connectivity index (χ1) is 19.1. The van der Waals surface area contributed by atoms with Crippen LogP contribution in [0.15, 0.2) is 78.5 Å². The van der Waals surface area contributed by atoms with E-state index in [1.165, 1.54) is 4.90 Å². The lowest BCUT2D eigenvalue weighted by molar-refractivity contribution is -0.132. The number of aliphatic hydroxyl groups excluding tert-OH is 1. The molecule has 2 N–H and O–H groups in total. The molecule has 0 aliphatic carbocycles. The number of aromatic nitrogens is 1. The number of aliphatic hydroxyl groups is 1. The Morgan fingerprint density at radius 1 is 1.03 bits per heavy atom. The van der Waals surface area contributed by atoms with Crippen LogP contribution in [0.3, 0.4) is 0 Å². The summed E-state index contributed by atoms with van der Waals surface area (Å²) in [4.78, 5) is 31.7. The first-order valence-corrected chi connectivity index (χ1v) is 13.1. The summed E-state index contributed by atoms with van der Waals surface area (Å²) in [5, 5.41) is 12.3. The van der Waals surface area contributed by atoms with Crippen molar-refractivity contribution in [1.29, 1.82) is 0 Å². The van der Waals surface area contributed by atoms with E-state index in [0.717, 1.165) is 30.2 Å². The highest BCUT2D eigenvalue weighted by Crippen LogP contribution is 2.46. The summed E-state index contributed by atoms with van der Waals surface area (Å²) in [5.74, 6) is -0.0134. The number of hydrogen-bond acceptors (Lipinski definition) is 6. The second-order valence-corrected chi connectivity index (χ2v) is 9.58. The van der Waals surface area contributed by atoms with Gasteiger partial charge >= 0.3 is 0 Å². The monoisotopic (exact) mass is 524 g/mol. The molecule has 0 bridgehead atoms. The molecule has 198 valence electrons. The number of hydrogen-bond donors (Lipinski definition) is 2. The number of carbonyl (C=O) groups excluding carboxylic acids is 2. The normalized spacial score (nSPS) is 17.8. The Hall–Kier alpha value is -4.72. The fourth-order valence-corrected chi connectivity index (χ4v) is 5.15. The quantitative estimate of drug-likeness (QED) is 0.125. The van der Waals surface area contributed by atoms with Crippen molar-refractivity contribution in [2.45, 2.75) is 32.2 Å². The van der Waals surface area contributed by atoms with E-state index in [1.54, 1.807) is 48.7 Å². The first kappa shape index (κ1) is 24.6. The molecule has 8 nitrogen and oxygen atoms in total. The number of unbranched alkanes of at least 4 members (excludes halogenated alkanes) is 2. The van der Waals surface area contributed by atoms with E-state index in [4.69, 9.17) is 14.2 Å². The van der Waals surface area contributed by atoms with Gasteiger partial charge in [-0.3, -0.25) is 14.5 Å². The number of Topliss-reactive ketones (excluding diaryl/α,β-unsaturated/α-hetero) is 1. The van der Waals surface area contributed by atoms with Gasteiger partial charge < -0.3 is 24.3 Å². The maximum absolute atomic E-state index is 13.5. The minimum absolute atomic E-state index is 0.0130. The average molecular weight is 525 g/mol. The molecule has 1 unspecified atom stereocenters. The second-order valence-electron chi connectivity index (χ2n) is 9.58. The predicted octanol–water partition coefficient (Wildman–Crippen LogP) is 6.09. The lowest BCUT2D eigenvalue weighted by atomic mass is 9.94. The second kappa shape index (κ2) is 10.2. The van der Waals surface area contributed by atoms with Gasteiger partial charge in [-0.05, 0) is 48.9 Å². The summed E-state index contributed by atoms with van der Waals surface area (Å²) in [6.45, 7) is 2.83. The number of benzene rings is 3. The smallest absolute Gasteiger partial charge is 0.300 e. The van der Waals surface area contributed by atoms with Gasteiger partial charge in [-0.15, -0.1) is 0 Å². The summed E-state index contributed by atoms with van der Waals surface area (Å²) in [6, 6.07) is 18.8. The van der Waals surface area contributed by atoms with E-state index in [-0.39, 0.29) is 18.1 Å². The topological polar surface area (TPSA) is 101 Å². The summed E-state index contributed by atoms with van der Waals surface area (Å²) in [6.07, 6.45) is 4.95. The molecule has 39 heavy (non-hydrogen) atoms. The lowest BCUT2D eigenvalue weighted by Gasteiger charge is -2.25. The van der Waals surface area contributed by atoms with E-state index in [9.17, 15) is 14.7 Å². The van der Waals surface area contributed by atoms with Crippen LogP contribution in [-0.2, 0) is 9.59 Å². The number of H-pyrrole nitrogens is 1. The highest BCUT2D eigenvalue weighted by Gasteiger charge is 2.48. The molecule has 0 saturated carbocycles. The Balaban J connectivity index is 1.44. The van der Waals surface area contributed by atoms with Crippen molar-refractivity contribution in [3.63, 3.8) is 0 Å². The molecule has 1 aromatic heterocycles. The Morgan fingerprint density at radius 3 is 2.64 bits per heavy atom. The van der Waals surface area contributed by atoms with E-state index >= 15 is 0 Å². The molecule has 1 atom stereocenters. The van der Waals surface area contributed by atoms with E-state index in [1.807, 2.05) is 24.3 Å². The standard InChI is InChI=1S/C31H28N2O6/c1-2-3-6-15-37-21-12-9-19(10-13-21)29(34)27-28(23-17-32-24-8-5-4-7-22(23)24)33(31(36)30(27)35)20-11-14-25-26(16-20)39-18-38-25/h4-5,7-14,16-17,28,32,34H,2-3,6,15,18H2,1H3/b29-27+. The Kier molecular flexibility index (Phi) is 6.44. The highest BCUT2D eigenvalue weighted by atomic mass is 16.7. The molecule has 3 heterocycles. The van der Waals surface area contributed by atoms with Gasteiger partial charge in [0.1, 0.15) is 11.5 Å². The SMILES string of the molecule is CCCCCOc1ccc(/C(O)=C2\C(=O)C(=O)N(c3ccc4c(c3)OCO4)C2c2c[nH]c3ccccc23)cc1. The van der Waals surface area contributed by atoms with E-state index in [2.05, 4.69) is 11.9 Å². The van der Waals surface area contributed by atoms with Gasteiger partial charge in [0.05, 0.1) is 18.2 Å². The molecule has 3 aromatic carbocycles. The predicted molar refractivity (Wildman–Crippen MR) is 147 cm³/mol. The van der Waals surface area contributed by atoms with Crippen LogP contribution < -0.4 is 19.1 Å². The zero-order chi connectivity index (χ0) is 26.9. The number of nitrogens with one attached hydrogen (secondary N) is 1. The molecule has 2 aliphatic heterocycles. The summed E-state index contributed by atoms with van der Waals surface area (Å²) < 4.78 is 16.7. The zero-order valence-corrected chi connectivity index (χ0v) is 21.5. The molecule has 8 heteroatoms. The van der Waals surface area contributed by atoms with Crippen molar-refractivity contribution in [3.8, 4) is 17.2 Å². The molecule has 0 radical (unpaired) electrons. The van der Waals surface area contributed by atoms with E-state index < -0.39 is 17.7 Å². The zero-order valence-electron chi connectivity index (χ0n) is 21.5. The van der Waals surface area contributed by atoms with Crippen molar-refractivity contribution in [2.75, 3.05) is 18.3 Å². The molecular weight excluding hydrogens is 496 g/mol. The fraction of sp³-hybridized carbons (Fsp3) is 0.226. The summed E-state index contributed by atoms with van der Waals surface area (Å²) in [5.41, 5.74) is 2.45. The lowest BCUT2D eigenvalue weighted by Crippen LogP contribution is -2.29. The molecule has 4 aromatic rings. The summed E-state index contributed by atoms with van der Waals surface area (Å²) >= 11 is 0. The van der Waals surface area contributed by atoms with Crippen molar-refractivity contribution in [3.05, 3.63) is 89.6 Å². The fourth-order valence-electron chi connectivity index (χ4n) is 5.15. The maximum atomic E-state index is 13.5. The van der Waals surface area contributed by atoms with Gasteiger partial charge in [-0.1, -0.05) is 38.0 Å². The Labute approximate surface area is 225 Å². The summed E-state index contributed by atoms with van der Waals surface area (Å²) in [7, 11) is 0. The van der Waals surface area contributed by atoms with Crippen molar-refractivity contribution >= 4 is 34.0 Å². The molecule has 6 rings (SSSR count). The Bertz CT molecular complexity index is 1590. The third-order valence-electron chi connectivity index (χ3n) is 7.14. The van der Waals surface area contributed by atoms with Gasteiger partial charge in [-0.25, -0.2) is 0 Å². The van der Waals surface area contributed by atoms with Gasteiger partial charge in [0.15, 0.2) is 11.5 Å². The van der Waals surface area contributed by atoms with E-state index in [0.29, 0.717) is 40.7 Å². The number of ether oxygens (including phenoxy) is 3. The molecule has 1 saturated heterocycles. The van der Waals surface area contributed by atoms with Gasteiger partial charge in [0.25, 0.3) is 11.7 Å². The van der Waals surface area contributed by atoms with Crippen LogP contribution in [0, 0.1) is 0 Å². The van der Waals surface area contributed by atoms with Gasteiger partial charge in [-0.2, -0.15) is 0 Å².